The monoisotopic (exact) mass is 418 g/mol. The molecule has 4 bridgehead atoms. The van der Waals surface area contributed by atoms with Crippen LogP contribution in [0.3, 0.4) is 0 Å². The Labute approximate surface area is 170 Å². The molecule has 5 rings (SSSR count). The Hall–Kier alpha value is -0.860. The molecule has 2 saturated heterocycles. The maximum Gasteiger partial charge on any atom is 0.397 e. The smallest absolute Gasteiger partial charge is 0.356 e. The lowest BCUT2D eigenvalue weighted by Crippen LogP contribution is -2.54. The zero-order valence-electron chi connectivity index (χ0n) is 17.5. The number of amides is 1. The van der Waals surface area contributed by atoms with Gasteiger partial charge in [-0.3, -0.25) is 10.1 Å². The van der Waals surface area contributed by atoms with E-state index in [1.165, 1.54) is 0 Å². The summed E-state index contributed by atoms with van der Waals surface area (Å²) in [6, 6.07) is -0.0311. The van der Waals surface area contributed by atoms with E-state index in [0.717, 1.165) is 38.5 Å². The van der Waals surface area contributed by atoms with Gasteiger partial charge >= 0.3 is 6.18 Å². The zero-order chi connectivity index (χ0) is 21.2. The fourth-order valence-electron chi connectivity index (χ4n) is 6.57. The number of aliphatic hydroxyl groups excluding tert-OH is 1. The second-order valence-corrected chi connectivity index (χ2v) is 10.7. The molecule has 0 radical (unpaired) electrons. The summed E-state index contributed by atoms with van der Waals surface area (Å²) in [4.78, 5) is 14.2. The highest BCUT2D eigenvalue weighted by molar-refractivity contribution is 5.77. The summed E-state index contributed by atoms with van der Waals surface area (Å²) in [7, 11) is 0. The fraction of sp³-hybridized carbons (Fsp3) is 0.952. The van der Waals surface area contributed by atoms with Gasteiger partial charge in [0.05, 0.1) is 5.60 Å². The largest absolute Gasteiger partial charge is 0.397 e. The van der Waals surface area contributed by atoms with Crippen LogP contribution < -0.4 is 5.32 Å². The van der Waals surface area contributed by atoms with Crippen LogP contribution in [0.1, 0.15) is 65.7 Å². The number of hydrogen-bond acceptors (Lipinski definition) is 4. The number of carbonyl (C=O) groups excluding carboxylic acids is 1. The molecule has 3 aliphatic carbocycles. The summed E-state index contributed by atoms with van der Waals surface area (Å²) in [5.74, 6) is -0.00635. The quantitative estimate of drug-likeness (QED) is 0.687. The summed E-state index contributed by atoms with van der Waals surface area (Å²) in [5.41, 5.74) is -0.587. The SMILES string of the molecule is CC(C)(C)OC(O)NC1CC[C@@H]2CC3C[C@H]1C1(CC1)C2N(C(=O)CC(F)(F)F)C3. The number of ether oxygens (including phenoxy) is 1. The number of aliphatic hydroxyl groups is 1. The molecule has 29 heavy (non-hydrogen) atoms. The van der Waals surface area contributed by atoms with Gasteiger partial charge in [0, 0.05) is 18.6 Å². The first-order chi connectivity index (χ1) is 13.4. The van der Waals surface area contributed by atoms with E-state index in [1.54, 1.807) is 4.90 Å². The molecule has 2 aliphatic heterocycles. The van der Waals surface area contributed by atoms with Crippen molar-refractivity contribution in [3.05, 3.63) is 0 Å². The molecule has 5 aliphatic rings. The number of rotatable bonds is 4. The van der Waals surface area contributed by atoms with Crippen molar-refractivity contribution in [3.63, 3.8) is 0 Å². The molecule has 0 aromatic rings. The van der Waals surface area contributed by atoms with E-state index in [0.29, 0.717) is 6.54 Å². The Morgan fingerprint density at radius 2 is 1.93 bits per heavy atom. The Bertz CT molecular complexity index is 644. The third-order valence-electron chi connectivity index (χ3n) is 7.44. The van der Waals surface area contributed by atoms with Crippen LogP contribution in [0.2, 0.25) is 0 Å². The van der Waals surface area contributed by atoms with Gasteiger partial charge < -0.3 is 14.7 Å². The highest BCUT2D eigenvalue weighted by atomic mass is 19.4. The molecular formula is C21H33F3N2O3. The van der Waals surface area contributed by atoms with Crippen molar-refractivity contribution in [2.75, 3.05) is 6.54 Å². The van der Waals surface area contributed by atoms with E-state index in [4.69, 9.17) is 4.74 Å². The third-order valence-corrected chi connectivity index (χ3v) is 7.44. The van der Waals surface area contributed by atoms with E-state index in [-0.39, 0.29) is 35.3 Å². The van der Waals surface area contributed by atoms with Gasteiger partial charge in [0.25, 0.3) is 0 Å². The van der Waals surface area contributed by atoms with E-state index in [1.807, 2.05) is 20.8 Å². The molecule has 5 fully saturated rings. The maximum absolute atomic E-state index is 12.9. The predicted molar refractivity (Wildman–Crippen MR) is 101 cm³/mol. The Balaban J connectivity index is 1.56. The fourth-order valence-corrected chi connectivity index (χ4v) is 6.57. The van der Waals surface area contributed by atoms with Gasteiger partial charge in [-0.25, -0.2) is 0 Å². The molecule has 3 saturated carbocycles. The lowest BCUT2D eigenvalue weighted by Gasteiger charge is -2.45. The number of halogens is 3. The number of fused-ring (bicyclic) bond motifs is 1. The van der Waals surface area contributed by atoms with E-state index in [2.05, 4.69) is 5.32 Å². The topological polar surface area (TPSA) is 61.8 Å². The van der Waals surface area contributed by atoms with E-state index >= 15 is 0 Å². The van der Waals surface area contributed by atoms with Gasteiger partial charge in [-0.15, -0.1) is 0 Å². The number of alkyl halides is 3. The first-order valence-electron chi connectivity index (χ1n) is 10.9. The minimum atomic E-state index is -4.47. The third kappa shape index (κ3) is 4.30. The van der Waals surface area contributed by atoms with Crippen LogP contribution in [0.4, 0.5) is 13.2 Å². The summed E-state index contributed by atoms with van der Waals surface area (Å²) in [5, 5.41) is 13.7. The van der Waals surface area contributed by atoms with Crippen LogP contribution in [0.15, 0.2) is 0 Å². The Kier molecular flexibility index (Phi) is 5.23. The zero-order valence-corrected chi connectivity index (χ0v) is 17.5. The van der Waals surface area contributed by atoms with Crippen LogP contribution in [0.25, 0.3) is 0 Å². The van der Waals surface area contributed by atoms with E-state index in [9.17, 15) is 23.1 Å². The first kappa shape index (κ1) is 21.4. The number of piperidine rings is 1. The summed E-state index contributed by atoms with van der Waals surface area (Å²) < 4.78 is 44.4. The van der Waals surface area contributed by atoms with Crippen molar-refractivity contribution in [2.45, 2.75) is 96.0 Å². The lowest BCUT2D eigenvalue weighted by atomic mass is 9.77. The standard InChI is InChI=1S/C21H33F3N2O3/c1-19(2,3)29-18(28)25-15-5-4-13-8-12-9-14(15)20(6-7-20)17(13)26(11-12)16(27)10-21(22,23)24/h12-15,17-18,25,28H,4-11H2,1-3H3/t12?,13-,14-,15?,17?,18?/m1/s1. The van der Waals surface area contributed by atoms with Gasteiger partial charge in [-0.05, 0) is 82.5 Å². The van der Waals surface area contributed by atoms with Crippen LogP contribution in [0.5, 0.6) is 0 Å². The highest BCUT2D eigenvalue weighted by Crippen LogP contribution is 2.67. The Morgan fingerprint density at radius 1 is 1.24 bits per heavy atom. The van der Waals surface area contributed by atoms with Gasteiger partial charge in [0.15, 0.2) is 0 Å². The van der Waals surface area contributed by atoms with Gasteiger partial charge in [0.1, 0.15) is 6.42 Å². The van der Waals surface area contributed by atoms with Crippen LogP contribution in [-0.4, -0.2) is 52.7 Å². The predicted octanol–water partition coefficient (Wildman–Crippen LogP) is 3.42. The summed E-state index contributed by atoms with van der Waals surface area (Å²) in [6.07, 6.45) is -1.35. The van der Waals surface area contributed by atoms with Crippen LogP contribution in [-0.2, 0) is 9.53 Å². The maximum atomic E-state index is 12.9. The molecule has 2 N–H and O–H groups in total. The van der Waals surface area contributed by atoms with Crippen LogP contribution in [0, 0.1) is 23.2 Å². The van der Waals surface area contributed by atoms with Gasteiger partial charge in [-0.1, -0.05) is 0 Å². The van der Waals surface area contributed by atoms with Crippen molar-refractivity contribution in [1.29, 1.82) is 0 Å². The first-order valence-corrected chi connectivity index (χ1v) is 10.9. The van der Waals surface area contributed by atoms with Gasteiger partial charge in [0.2, 0.25) is 12.3 Å². The molecular weight excluding hydrogens is 385 g/mol. The second-order valence-electron chi connectivity index (χ2n) is 10.7. The molecule has 2 heterocycles. The number of nitrogens with zero attached hydrogens (tertiary/aromatic N) is 1. The number of carbonyl (C=O) groups is 1. The lowest BCUT2D eigenvalue weighted by molar-refractivity contribution is -0.189. The van der Waals surface area contributed by atoms with Crippen molar-refractivity contribution in [3.8, 4) is 0 Å². The summed E-state index contributed by atoms with van der Waals surface area (Å²) in [6.45, 7) is 6.10. The molecule has 166 valence electrons. The molecule has 0 aromatic carbocycles. The van der Waals surface area contributed by atoms with Crippen molar-refractivity contribution < 1.29 is 27.8 Å². The molecule has 0 aromatic heterocycles. The normalized spacial score (nSPS) is 36.8. The van der Waals surface area contributed by atoms with Crippen molar-refractivity contribution in [1.82, 2.24) is 10.2 Å². The van der Waals surface area contributed by atoms with Crippen molar-refractivity contribution in [2.24, 2.45) is 23.2 Å². The molecule has 8 heteroatoms. The number of hydrogen-bond donors (Lipinski definition) is 2. The molecule has 4 unspecified atom stereocenters. The van der Waals surface area contributed by atoms with Gasteiger partial charge in [-0.2, -0.15) is 13.2 Å². The minimum absolute atomic E-state index is 0.0582. The number of nitrogens with one attached hydrogen (secondary N) is 1. The summed E-state index contributed by atoms with van der Waals surface area (Å²) >= 11 is 0. The second kappa shape index (κ2) is 7.09. The van der Waals surface area contributed by atoms with Crippen LogP contribution >= 0.6 is 0 Å². The minimum Gasteiger partial charge on any atom is -0.356 e. The molecule has 1 spiro atoms. The molecule has 6 atom stereocenters. The molecule has 1 amide bonds. The van der Waals surface area contributed by atoms with E-state index < -0.39 is 30.5 Å². The Morgan fingerprint density at radius 3 is 2.52 bits per heavy atom. The molecule has 5 nitrogen and oxygen atoms in total. The highest BCUT2D eigenvalue weighted by Gasteiger charge is 2.66. The average Bonchev–Trinajstić information content (AvgIpc) is 3.36. The average molecular weight is 419 g/mol. The van der Waals surface area contributed by atoms with Crippen molar-refractivity contribution >= 4 is 5.91 Å².